The van der Waals surface area contributed by atoms with Crippen LogP contribution in [0.1, 0.15) is 93.4 Å². The van der Waals surface area contributed by atoms with Crippen LogP contribution in [0.15, 0.2) is 0 Å². The lowest BCUT2D eigenvalue weighted by Gasteiger charge is -2.62. The van der Waals surface area contributed by atoms with Gasteiger partial charge in [-0.2, -0.15) is 0 Å². The number of carboxylic acid groups (broad SMARTS) is 1. The van der Waals surface area contributed by atoms with Gasteiger partial charge in [0.1, 0.15) is 5.41 Å². The molecule has 2 fully saturated rings. The largest absolute Gasteiger partial charge is 0.481 e. The second kappa shape index (κ2) is 8.26. The van der Waals surface area contributed by atoms with Crippen LogP contribution in [0.2, 0.25) is 0 Å². The average Bonchev–Trinajstić information content (AvgIpc) is 2.53. The highest BCUT2D eigenvalue weighted by molar-refractivity contribution is 5.78. The predicted octanol–water partition coefficient (Wildman–Crippen LogP) is 5.11. The Bertz CT molecular complexity index is 519. The number of hydrogen-bond acceptors (Lipinski definition) is 3. The van der Waals surface area contributed by atoms with Gasteiger partial charge in [-0.05, 0) is 67.6 Å². The topological polar surface area (TPSA) is 77.8 Å². The number of carbonyl (C=O) groups is 1. The van der Waals surface area contributed by atoms with E-state index >= 15 is 0 Å². The molecule has 28 heavy (non-hydrogen) atoms. The molecule has 0 saturated heterocycles. The second-order valence-corrected chi connectivity index (χ2v) is 10.9. The minimum atomic E-state index is -1.55. The Labute approximate surface area is 172 Å². The molecule has 0 heterocycles. The van der Waals surface area contributed by atoms with Crippen molar-refractivity contribution in [1.82, 2.24) is 0 Å². The van der Waals surface area contributed by atoms with Gasteiger partial charge in [-0.25, -0.2) is 0 Å². The molecule has 164 valence electrons. The maximum atomic E-state index is 13.1. The van der Waals surface area contributed by atoms with E-state index in [0.29, 0.717) is 12.8 Å². The third-order valence-electron chi connectivity index (χ3n) is 8.47. The third kappa shape index (κ3) is 3.43. The van der Waals surface area contributed by atoms with Crippen LogP contribution in [-0.2, 0) is 4.79 Å². The molecule has 0 spiro atoms. The van der Waals surface area contributed by atoms with Crippen molar-refractivity contribution in [3.05, 3.63) is 0 Å². The predicted molar refractivity (Wildman–Crippen MR) is 113 cm³/mol. The summed E-state index contributed by atoms with van der Waals surface area (Å²) in [6, 6.07) is 0. The Kier molecular flexibility index (Phi) is 6.98. The molecule has 0 bridgehead atoms. The maximum Gasteiger partial charge on any atom is 0.315 e. The molecule has 2 rings (SSSR count). The summed E-state index contributed by atoms with van der Waals surface area (Å²) < 4.78 is 0. The summed E-state index contributed by atoms with van der Waals surface area (Å²) in [7, 11) is 0. The normalized spacial score (nSPS) is 41.8. The van der Waals surface area contributed by atoms with Crippen molar-refractivity contribution in [3.8, 4) is 0 Å². The lowest BCUT2D eigenvalue weighted by molar-refractivity contribution is -0.272. The summed E-state index contributed by atoms with van der Waals surface area (Å²) in [6.07, 6.45) is 4.82. The molecule has 4 nitrogen and oxygen atoms in total. The zero-order valence-electron chi connectivity index (χ0n) is 19.2. The number of aliphatic carboxylic acids is 1. The quantitative estimate of drug-likeness (QED) is 0.583. The molecule has 2 saturated carbocycles. The van der Waals surface area contributed by atoms with Crippen LogP contribution < -0.4 is 0 Å². The minimum absolute atomic E-state index is 0.117. The lowest BCUT2D eigenvalue weighted by Crippen LogP contribution is -2.73. The van der Waals surface area contributed by atoms with Gasteiger partial charge in [0.15, 0.2) is 0 Å². The van der Waals surface area contributed by atoms with Crippen molar-refractivity contribution in [2.45, 2.75) is 105 Å². The van der Waals surface area contributed by atoms with Crippen molar-refractivity contribution in [3.63, 3.8) is 0 Å². The molecule has 0 aromatic rings. The Morgan fingerprint density at radius 3 is 1.50 bits per heavy atom. The molecule has 2 aliphatic carbocycles. The summed E-state index contributed by atoms with van der Waals surface area (Å²) in [5.74, 6) is -0.392. The third-order valence-corrected chi connectivity index (χ3v) is 8.47. The van der Waals surface area contributed by atoms with Crippen molar-refractivity contribution < 1.29 is 20.1 Å². The van der Waals surface area contributed by atoms with Crippen LogP contribution in [-0.4, -0.2) is 32.5 Å². The van der Waals surface area contributed by atoms with Crippen LogP contribution in [0.5, 0.6) is 0 Å². The highest BCUT2D eigenvalue weighted by atomic mass is 16.4. The van der Waals surface area contributed by atoms with E-state index in [1.54, 1.807) is 0 Å². The first kappa shape index (κ1) is 23.7. The van der Waals surface area contributed by atoms with Crippen molar-refractivity contribution in [2.24, 2.45) is 40.9 Å². The summed E-state index contributed by atoms with van der Waals surface area (Å²) in [5.41, 5.74) is -4.36. The first-order valence-electron chi connectivity index (χ1n) is 11.6. The molecule has 6 unspecified atom stereocenters. The zero-order chi connectivity index (χ0) is 21.5. The second-order valence-electron chi connectivity index (χ2n) is 10.9. The van der Waals surface area contributed by atoms with Gasteiger partial charge in [-0.1, -0.05) is 61.3 Å². The van der Waals surface area contributed by atoms with Gasteiger partial charge in [0.05, 0.1) is 11.2 Å². The average molecular weight is 397 g/mol. The van der Waals surface area contributed by atoms with Gasteiger partial charge < -0.3 is 15.3 Å². The molecule has 3 N–H and O–H groups in total. The molecule has 0 aromatic heterocycles. The molecule has 0 aromatic carbocycles. The van der Waals surface area contributed by atoms with Crippen molar-refractivity contribution in [2.75, 3.05) is 0 Å². The fraction of sp³-hybridized carbons (Fsp3) is 0.958. The van der Waals surface area contributed by atoms with E-state index in [4.69, 9.17) is 0 Å². The van der Waals surface area contributed by atoms with E-state index < -0.39 is 22.6 Å². The molecule has 0 aliphatic heterocycles. The van der Waals surface area contributed by atoms with Crippen molar-refractivity contribution in [1.29, 1.82) is 0 Å². The zero-order valence-corrected chi connectivity index (χ0v) is 19.2. The van der Waals surface area contributed by atoms with E-state index in [1.807, 2.05) is 6.92 Å². The molecule has 6 atom stereocenters. The summed E-state index contributed by atoms with van der Waals surface area (Å²) in [5, 5.41) is 35.3. The molecular formula is C24H44O4. The van der Waals surface area contributed by atoms with E-state index in [2.05, 4.69) is 41.5 Å². The lowest BCUT2D eigenvalue weighted by atomic mass is 9.44. The fourth-order valence-corrected chi connectivity index (χ4v) is 7.23. The molecular weight excluding hydrogens is 352 g/mol. The van der Waals surface area contributed by atoms with Gasteiger partial charge in [0.25, 0.3) is 0 Å². The molecule has 4 heteroatoms. The first-order valence-corrected chi connectivity index (χ1v) is 11.6. The van der Waals surface area contributed by atoms with Gasteiger partial charge in [0.2, 0.25) is 0 Å². The number of rotatable bonds is 6. The first-order chi connectivity index (χ1) is 12.9. The highest BCUT2D eigenvalue weighted by Crippen LogP contribution is 2.62. The van der Waals surface area contributed by atoms with Crippen LogP contribution >= 0.6 is 0 Å². The van der Waals surface area contributed by atoms with E-state index in [9.17, 15) is 20.1 Å². The summed E-state index contributed by atoms with van der Waals surface area (Å²) in [6.45, 7) is 14.4. The highest BCUT2D eigenvalue weighted by Gasteiger charge is 2.71. The van der Waals surface area contributed by atoms with Crippen LogP contribution in [0.4, 0.5) is 0 Å². The van der Waals surface area contributed by atoms with Crippen molar-refractivity contribution >= 4 is 5.97 Å². The van der Waals surface area contributed by atoms with Crippen LogP contribution in [0, 0.1) is 40.9 Å². The fourth-order valence-electron chi connectivity index (χ4n) is 7.23. The van der Waals surface area contributed by atoms with E-state index in [-0.39, 0.29) is 41.9 Å². The number of hydrogen-bond donors (Lipinski definition) is 3. The smallest absolute Gasteiger partial charge is 0.315 e. The van der Waals surface area contributed by atoms with E-state index in [0.717, 1.165) is 25.7 Å². The SMILES string of the molecule is CCC(C(=O)O)(C1(O)CC(C)CCC1C(C)C)C1(O)CC(C)CCC1C(C)C. The molecule has 0 amide bonds. The molecule has 0 radical (unpaired) electrons. The minimum Gasteiger partial charge on any atom is -0.481 e. The van der Waals surface area contributed by atoms with Gasteiger partial charge >= 0.3 is 5.97 Å². The number of aliphatic hydroxyl groups is 2. The standard InChI is InChI=1S/C24H44O4/c1-8-22(21(25)26,23(27)13-17(6)9-11-19(23)15(2)3)24(28)14-18(7)10-12-20(24)16(4)5/h15-20,27-28H,8-14H2,1-7H3,(H,25,26). The van der Waals surface area contributed by atoms with Crippen LogP contribution in [0.3, 0.4) is 0 Å². The van der Waals surface area contributed by atoms with Crippen LogP contribution in [0.25, 0.3) is 0 Å². The Morgan fingerprint density at radius 1 is 0.893 bits per heavy atom. The Morgan fingerprint density at radius 2 is 1.25 bits per heavy atom. The Hall–Kier alpha value is -0.610. The van der Waals surface area contributed by atoms with Gasteiger partial charge in [-0.15, -0.1) is 0 Å². The summed E-state index contributed by atoms with van der Waals surface area (Å²) >= 11 is 0. The van der Waals surface area contributed by atoms with Gasteiger partial charge in [0, 0.05) is 0 Å². The number of carboxylic acids is 1. The summed E-state index contributed by atoms with van der Waals surface area (Å²) in [4.78, 5) is 13.1. The monoisotopic (exact) mass is 396 g/mol. The maximum absolute atomic E-state index is 13.1. The Balaban J connectivity index is 2.76. The van der Waals surface area contributed by atoms with Gasteiger partial charge in [-0.3, -0.25) is 4.79 Å². The van der Waals surface area contributed by atoms with E-state index in [1.165, 1.54) is 0 Å². The molecule has 2 aliphatic rings.